The van der Waals surface area contributed by atoms with Crippen molar-refractivity contribution in [3.8, 4) is 0 Å². The van der Waals surface area contributed by atoms with Crippen LogP contribution in [0.15, 0.2) is 18.2 Å². The Morgan fingerprint density at radius 2 is 1.94 bits per heavy atom. The second-order valence-electron chi connectivity index (χ2n) is 4.00. The number of hydrogen-bond donors (Lipinski definition) is 0. The smallest absolute Gasteiger partial charge is 0.309 e. The first-order valence-corrected chi connectivity index (χ1v) is 5.59. The number of esters is 1. The molecule has 0 amide bonds. The maximum absolute atomic E-state index is 13.1. The van der Waals surface area contributed by atoms with Crippen molar-refractivity contribution in [2.45, 2.75) is 26.7 Å². The Bertz CT molecular complexity index is 404. The summed E-state index contributed by atoms with van der Waals surface area (Å²) >= 11 is 0. The van der Waals surface area contributed by atoms with Crippen LogP contribution in [-0.4, -0.2) is 12.6 Å². The maximum Gasteiger partial charge on any atom is 0.309 e. The maximum atomic E-state index is 13.1. The zero-order valence-corrected chi connectivity index (χ0v) is 10.2. The Hall–Kier alpha value is -1.45. The Kier molecular flexibility index (Phi) is 4.61. The highest BCUT2D eigenvalue weighted by atomic mass is 19.2. The summed E-state index contributed by atoms with van der Waals surface area (Å²) in [6.07, 6.45) is 0. The molecule has 2 nitrogen and oxygen atoms in total. The minimum atomic E-state index is -0.898. The van der Waals surface area contributed by atoms with Gasteiger partial charge < -0.3 is 4.74 Å². The molecule has 2 atom stereocenters. The average molecular weight is 242 g/mol. The minimum absolute atomic E-state index is 0.218. The summed E-state index contributed by atoms with van der Waals surface area (Å²) in [5.41, 5.74) is 0.587. The molecular weight excluding hydrogens is 226 g/mol. The van der Waals surface area contributed by atoms with E-state index in [0.717, 1.165) is 12.1 Å². The fourth-order valence-electron chi connectivity index (χ4n) is 1.56. The van der Waals surface area contributed by atoms with E-state index in [2.05, 4.69) is 0 Å². The van der Waals surface area contributed by atoms with Gasteiger partial charge in [0.2, 0.25) is 0 Å². The van der Waals surface area contributed by atoms with E-state index in [4.69, 9.17) is 4.74 Å². The number of rotatable bonds is 4. The number of ether oxygens (including phenoxy) is 1. The van der Waals surface area contributed by atoms with E-state index in [1.165, 1.54) is 6.07 Å². The van der Waals surface area contributed by atoms with E-state index in [1.54, 1.807) is 20.8 Å². The monoisotopic (exact) mass is 242 g/mol. The number of carbonyl (C=O) groups excluding carboxylic acids is 1. The molecule has 0 saturated heterocycles. The first-order chi connectivity index (χ1) is 7.97. The number of benzene rings is 1. The van der Waals surface area contributed by atoms with Crippen LogP contribution in [0.3, 0.4) is 0 Å². The summed E-state index contributed by atoms with van der Waals surface area (Å²) in [5, 5.41) is 0. The molecule has 0 saturated carbocycles. The van der Waals surface area contributed by atoms with Gasteiger partial charge in [-0.15, -0.1) is 0 Å². The molecule has 0 spiro atoms. The van der Waals surface area contributed by atoms with E-state index in [0.29, 0.717) is 12.2 Å². The van der Waals surface area contributed by atoms with Crippen molar-refractivity contribution in [1.82, 2.24) is 0 Å². The molecule has 94 valence electrons. The van der Waals surface area contributed by atoms with Crippen LogP contribution >= 0.6 is 0 Å². The SMILES string of the molecule is CCOC(=O)C(C)C(C)c1ccc(F)c(F)c1. The lowest BCUT2D eigenvalue weighted by atomic mass is 9.89. The Labute approximate surface area is 99.6 Å². The van der Waals surface area contributed by atoms with Crippen LogP contribution in [-0.2, 0) is 9.53 Å². The summed E-state index contributed by atoms with van der Waals surface area (Å²) in [7, 11) is 0. The van der Waals surface area contributed by atoms with Crippen LogP contribution in [0, 0.1) is 17.6 Å². The minimum Gasteiger partial charge on any atom is -0.466 e. The van der Waals surface area contributed by atoms with Crippen LogP contribution in [0.25, 0.3) is 0 Å². The molecule has 1 aromatic carbocycles. The van der Waals surface area contributed by atoms with Crippen molar-refractivity contribution in [3.05, 3.63) is 35.4 Å². The van der Waals surface area contributed by atoms with Gasteiger partial charge in [-0.3, -0.25) is 4.79 Å². The Morgan fingerprint density at radius 1 is 1.29 bits per heavy atom. The molecule has 0 fully saturated rings. The second kappa shape index (κ2) is 5.75. The molecule has 0 heterocycles. The molecule has 17 heavy (non-hydrogen) atoms. The van der Waals surface area contributed by atoms with Gasteiger partial charge in [0.05, 0.1) is 12.5 Å². The lowest BCUT2D eigenvalue weighted by molar-refractivity contribution is -0.148. The van der Waals surface area contributed by atoms with Crippen LogP contribution in [0.1, 0.15) is 32.3 Å². The van der Waals surface area contributed by atoms with Gasteiger partial charge in [-0.05, 0) is 30.5 Å². The van der Waals surface area contributed by atoms with Crippen molar-refractivity contribution in [2.24, 2.45) is 5.92 Å². The van der Waals surface area contributed by atoms with Crippen LogP contribution in [0.2, 0.25) is 0 Å². The Balaban J connectivity index is 2.84. The number of carbonyl (C=O) groups is 1. The van der Waals surface area contributed by atoms with Crippen molar-refractivity contribution in [3.63, 3.8) is 0 Å². The normalized spacial score (nSPS) is 14.2. The summed E-state index contributed by atoms with van der Waals surface area (Å²) in [6, 6.07) is 3.67. The highest BCUT2D eigenvalue weighted by Crippen LogP contribution is 2.26. The van der Waals surface area contributed by atoms with Gasteiger partial charge in [0.25, 0.3) is 0 Å². The predicted octanol–water partition coefficient (Wildman–Crippen LogP) is 3.27. The van der Waals surface area contributed by atoms with Gasteiger partial charge in [-0.1, -0.05) is 19.9 Å². The standard InChI is InChI=1S/C13H16F2O2/c1-4-17-13(16)9(3)8(2)10-5-6-11(14)12(15)7-10/h5-9H,4H2,1-3H3. The van der Waals surface area contributed by atoms with Gasteiger partial charge in [-0.2, -0.15) is 0 Å². The van der Waals surface area contributed by atoms with Gasteiger partial charge >= 0.3 is 5.97 Å². The number of halogens is 2. The molecule has 0 N–H and O–H groups in total. The van der Waals surface area contributed by atoms with Gasteiger partial charge in [0, 0.05) is 0 Å². The lowest BCUT2D eigenvalue weighted by Gasteiger charge is -2.18. The van der Waals surface area contributed by atoms with Crippen LogP contribution < -0.4 is 0 Å². The zero-order chi connectivity index (χ0) is 13.0. The van der Waals surface area contributed by atoms with E-state index in [1.807, 2.05) is 0 Å². The quantitative estimate of drug-likeness (QED) is 0.757. The zero-order valence-electron chi connectivity index (χ0n) is 10.2. The van der Waals surface area contributed by atoms with E-state index in [-0.39, 0.29) is 17.8 Å². The second-order valence-corrected chi connectivity index (χ2v) is 4.00. The lowest BCUT2D eigenvalue weighted by Crippen LogP contribution is -2.20. The first-order valence-electron chi connectivity index (χ1n) is 5.59. The molecular formula is C13H16F2O2. The van der Waals surface area contributed by atoms with Crippen molar-refractivity contribution >= 4 is 5.97 Å². The van der Waals surface area contributed by atoms with Crippen molar-refractivity contribution in [1.29, 1.82) is 0 Å². The fraction of sp³-hybridized carbons (Fsp3) is 0.462. The molecule has 0 aliphatic heterocycles. The third kappa shape index (κ3) is 3.25. The first kappa shape index (κ1) is 13.6. The van der Waals surface area contributed by atoms with Crippen LogP contribution in [0.5, 0.6) is 0 Å². The van der Waals surface area contributed by atoms with E-state index >= 15 is 0 Å². The summed E-state index contributed by atoms with van der Waals surface area (Å²) in [6.45, 7) is 5.54. The molecule has 1 rings (SSSR count). The molecule has 0 radical (unpaired) electrons. The largest absolute Gasteiger partial charge is 0.466 e. The topological polar surface area (TPSA) is 26.3 Å². The third-order valence-corrected chi connectivity index (χ3v) is 2.88. The molecule has 1 aromatic rings. The van der Waals surface area contributed by atoms with Gasteiger partial charge in [0.15, 0.2) is 11.6 Å². The van der Waals surface area contributed by atoms with E-state index < -0.39 is 11.6 Å². The number of hydrogen-bond acceptors (Lipinski definition) is 2. The summed E-state index contributed by atoms with van der Waals surface area (Å²) in [4.78, 5) is 11.5. The van der Waals surface area contributed by atoms with Crippen molar-refractivity contribution < 1.29 is 18.3 Å². The molecule has 0 aliphatic rings. The molecule has 0 aromatic heterocycles. The van der Waals surface area contributed by atoms with Gasteiger partial charge in [0.1, 0.15) is 0 Å². The predicted molar refractivity (Wildman–Crippen MR) is 60.6 cm³/mol. The Morgan fingerprint density at radius 3 is 2.47 bits per heavy atom. The van der Waals surface area contributed by atoms with Crippen LogP contribution in [0.4, 0.5) is 8.78 Å². The molecule has 0 bridgehead atoms. The average Bonchev–Trinajstić information content (AvgIpc) is 2.31. The summed E-state index contributed by atoms with van der Waals surface area (Å²) in [5.74, 6) is -2.72. The molecule has 0 aliphatic carbocycles. The fourth-order valence-corrected chi connectivity index (χ4v) is 1.56. The van der Waals surface area contributed by atoms with Gasteiger partial charge in [-0.25, -0.2) is 8.78 Å². The molecule has 2 unspecified atom stereocenters. The highest BCUT2D eigenvalue weighted by Gasteiger charge is 2.23. The highest BCUT2D eigenvalue weighted by molar-refractivity contribution is 5.73. The van der Waals surface area contributed by atoms with E-state index in [9.17, 15) is 13.6 Å². The molecule has 4 heteroatoms. The third-order valence-electron chi connectivity index (χ3n) is 2.88. The van der Waals surface area contributed by atoms with Crippen molar-refractivity contribution in [2.75, 3.05) is 6.61 Å². The summed E-state index contributed by atoms with van der Waals surface area (Å²) < 4.78 is 30.7.